The lowest BCUT2D eigenvalue weighted by Gasteiger charge is -2.10. The fourth-order valence-corrected chi connectivity index (χ4v) is 4.04. The van der Waals surface area contributed by atoms with Crippen LogP contribution >= 0.6 is 23.4 Å². The van der Waals surface area contributed by atoms with Gasteiger partial charge in [-0.15, -0.1) is 10.2 Å². The van der Waals surface area contributed by atoms with Crippen LogP contribution in [0.4, 0.5) is 0 Å². The number of thioether (sulfide) groups is 1. The van der Waals surface area contributed by atoms with E-state index in [1.807, 2.05) is 91.2 Å². The first kappa shape index (κ1) is 22.8. The molecule has 0 aliphatic heterocycles. The number of nitrogens with zero attached hydrogens (tertiary/aromatic N) is 4. The van der Waals surface area contributed by atoms with Gasteiger partial charge in [0.2, 0.25) is 0 Å². The van der Waals surface area contributed by atoms with Crippen molar-refractivity contribution in [1.29, 1.82) is 0 Å². The molecule has 1 heterocycles. The highest BCUT2D eigenvalue weighted by Crippen LogP contribution is 2.28. The van der Waals surface area contributed by atoms with Crippen molar-refractivity contribution in [3.8, 4) is 17.1 Å². The molecule has 0 saturated heterocycles. The summed E-state index contributed by atoms with van der Waals surface area (Å²) in [5.74, 6) is 0.599. The lowest BCUT2D eigenvalue weighted by molar-refractivity contribution is -0.118. The minimum Gasteiger partial charge on any atom is -0.272 e. The highest BCUT2D eigenvalue weighted by atomic mass is 35.5. The maximum absolute atomic E-state index is 12.4. The van der Waals surface area contributed by atoms with E-state index >= 15 is 0 Å². The van der Waals surface area contributed by atoms with Gasteiger partial charge in [-0.05, 0) is 55.8 Å². The Morgan fingerprint density at radius 3 is 2.52 bits per heavy atom. The molecule has 4 aromatic rings. The van der Waals surface area contributed by atoms with Gasteiger partial charge in [0.25, 0.3) is 5.91 Å². The molecule has 0 atom stereocenters. The number of rotatable bonds is 7. The number of aromatic nitrogens is 3. The first-order valence-corrected chi connectivity index (χ1v) is 11.7. The topological polar surface area (TPSA) is 72.2 Å². The summed E-state index contributed by atoms with van der Waals surface area (Å²) in [6, 6.07) is 23.4. The molecule has 3 aromatic carbocycles. The SMILES string of the molecule is Cc1ccc(-n2c(SCC(=O)NN=Cc3cccc(C)c3)nnc2-c2ccc(Cl)cc2)cc1. The summed E-state index contributed by atoms with van der Waals surface area (Å²) in [7, 11) is 0. The van der Waals surface area contributed by atoms with Gasteiger partial charge in [-0.3, -0.25) is 9.36 Å². The molecule has 33 heavy (non-hydrogen) atoms. The van der Waals surface area contributed by atoms with E-state index in [-0.39, 0.29) is 11.7 Å². The van der Waals surface area contributed by atoms with Crippen molar-refractivity contribution in [2.24, 2.45) is 5.10 Å². The highest BCUT2D eigenvalue weighted by molar-refractivity contribution is 7.99. The van der Waals surface area contributed by atoms with Gasteiger partial charge in [-0.2, -0.15) is 5.10 Å². The van der Waals surface area contributed by atoms with E-state index in [0.717, 1.165) is 27.9 Å². The number of aryl methyl sites for hydroxylation is 2. The van der Waals surface area contributed by atoms with Crippen molar-refractivity contribution in [2.45, 2.75) is 19.0 Å². The molecule has 0 unspecified atom stereocenters. The standard InChI is InChI=1S/C25H22ClN5OS/c1-17-6-12-22(13-7-17)31-24(20-8-10-21(26)11-9-20)29-30-25(31)33-16-23(32)28-27-15-19-5-3-4-18(2)14-19/h3-15H,16H2,1-2H3,(H,28,32). The molecule has 8 heteroatoms. The molecule has 0 aliphatic carbocycles. The molecule has 0 fully saturated rings. The van der Waals surface area contributed by atoms with Crippen LogP contribution in [0, 0.1) is 13.8 Å². The number of carbonyl (C=O) groups is 1. The number of hydrogen-bond donors (Lipinski definition) is 1. The van der Waals surface area contributed by atoms with Crippen LogP contribution in [0.15, 0.2) is 83.1 Å². The van der Waals surface area contributed by atoms with Gasteiger partial charge in [0.05, 0.1) is 12.0 Å². The molecule has 1 N–H and O–H groups in total. The average Bonchev–Trinajstić information content (AvgIpc) is 3.23. The molecular formula is C25H22ClN5OS. The Bertz CT molecular complexity index is 1280. The Kier molecular flexibility index (Phi) is 7.22. The first-order valence-electron chi connectivity index (χ1n) is 10.3. The first-order chi connectivity index (χ1) is 16.0. The van der Waals surface area contributed by atoms with Gasteiger partial charge in [-0.1, -0.05) is 70.9 Å². The van der Waals surface area contributed by atoms with Crippen molar-refractivity contribution in [2.75, 3.05) is 5.75 Å². The third-order valence-electron chi connectivity index (χ3n) is 4.81. The summed E-state index contributed by atoms with van der Waals surface area (Å²) in [5.41, 5.74) is 7.57. The molecule has 0 radical (unpaired) electrons. The summed E-state index contributed by atoms with van der Waals surface area (Å²) < 4.78 is 1.94. The number of amides is 1. The van der Waals surface area contributed by atoms with Gasteiger partial charge in [-0.25, -0.2) is 5.43 Å². The van der Waals surface area contributed by atoms with Gasteiger partial charge >= 0.3 is 0 Å². The number of carbonyl (C=O) groups excluding carboxylic acids is 1. The lowest BCUT2D eigenvalue weighted by atomic mass is 10.2. The van der Waals surface area contributed by atoms with Crippen molar-refractivity contribution in [3.63, 3.8) is 0 Å². The molecule has 0 bridgehead atoms. The summed E-state index contributed by atoms with van der Waals surface area (Å²) in [6.45, 7) is 4.04. The zero-order valence-corrected chi connectivity index (χ0v) is 19.8. The number of nitrogens with one attached hydrogen (secondary N) is 1. The minimum absolute atomic E-state index is 0.149. The van der Waals surface area contributed by atoms with E-state index in [2.05, 4.69) is 20.7 Å². The zero-order chi connectivity index (χ0) is 23.2. The monoisotopic (exact) mass is 475 g/mol. The molecule has 6 nitrogen and oxygen atoms in total. The maximum atomic E-state index is 12.4. The van der Waals surface area contributed by atoms with Gasteiger partial charge < -0.3 is 0 Å². The lowest BCUT2D eigenvalue weighted by Crippen LogP contribution is -2.20. The Labute approximate surface area is 201 Å². The minimum atomic E-state index is -0.226. The summed E-state index contributed by atoms with van der Waals surface area (Å²) >= 11 is 7.35. The highest BCUT2D eigenvalue weighted by Gasteiger charge is 2.17. The molecule has 166 valence electrons. The largest absolute Gasteiger partial charge is 0.272 e. The average molecular weight is 476 g/mol. The van der Waals surface area contributed by atoms with Crippen LogP contribution in [0.2, 0.25) is 5.02 Å². The van der Waals surface area contributed by atoms with Crippen LogP contribution in [-0.2, 0) is 4.79 Å². The second-order valence-corrected chi connectivity index (χ2v) is 8.86. The fraction of sp³-hybridized carbons (Fsp3) is 0.120. The molecular weight excluding hydrogens is 454 g/mol. The van der Waals surface area contributed by atoms with E-state index in [0.29, 0.717) is 16.0 Å². The van der Waals surface area contributed by atoms with Crippen LogP contribution in [-0.4, -0.2) is 32.6 Å². The van der Waals surface area contributed by atoms with Crippen LogP contribution in [0.25, 0.3) is 17.1 Å². The third kappa shape index (κ3) is 5.88. The smallest absolute Gasteiger partial charge is 0.250 e. The van der Waals surface area contributed by atoms with E-state index in [1.165, 1.54) is 11.8 Å². The second-order valence-electron chi connectivity index (χ2n) is 7.48. The summed E-state index contributed by atoms with van der Waals surface area (Å²) in [6.07, 6.45) is 1.63. The molecule has 1 amide bonds. The van der Waals surface area contributed by atoms with E-state index in [9.17, 15) is 4.79 Å². The van der Waals surface area contributed by atoms with E-state index < -0.39 is 0 Å². The van der Waals surface area contributed by atoms with Crippen LogP contribution in [0.1, 0.15) is 16.7 Å². The van der Waals surface area contributed by atoms with Gasteiger partial charge in [0.15, 0.2) is 11.0 Å². The molecule has 4 rings (SSSR count). The summed E-state index contributed by atoms with van der Waals surface area (Å²) in [5, 5.41) is 14.1. The molecule has 1 aromatic heterocycles. The molecule has 0 saturated carbocycles. The van der Waals surface area contributed by atoms with Crippen molar-refractivity contribution >= 4 is 35.5 Å². The maximum Gasteiger partial charge on any atom is 0.250 e. The van der Waals surface area contributed by atoms with E-state index in [1.54, 1.807) is 6.21 Å². The molecule has 0 spiro atoms. The normalized spacial score (nSPS) is 11.1. The fourth-order valence-electron chi connectivity index (χ4n) is 3.17. The third-order valence-corrected chi connectivity index (χ3v) is 5.99. The van der Waals surface area contributed by atoms with Crippen molar-refractivity contribution < 1.29 is 4.79 Å². The number of hydrazone groups is 1. The van der Waals surface area contributed by atoms with Crippen molar-refractivity contribution in [3.05, 3.63) is 94.5 Å². The number of benzene rings is 3. The zero-order valence-electron chi connectivity index (χ0n) is 18.2. The Morgan fingerprint density at radius 1 is 1.03 bits per heavy atom. The quantitative estimate of drug-likeness (QED) is 0.219. The number of hydrogen-bond acceptors (Lipinski definition) is 5. The van der Waals surface area contributed by atoms with Gasteiger partial charge in [0, 0.05) is 16.3 Å². The summed E-state index contributed by atoms with van der Waals surface area (Å²) in [4.78, 5) is 12.4. The molecule has 0 aliphatic rings. The van der Waals surface area contributed by atoms with Crippen LogP contribution < -0.4 is 5.43 Å². The number of halogens is 1. The Hall–Kier alpha value is -3.42. The Balaban J connectivity index is 1.51. The van der Waals surface area contributed by atoms with Crippen LogP contribution in [0.3, 0.4) is 0 Å². The predicted octanol–water partition coefficient (Wildman–Crippen LogP) is 5.45. The Morgan fingerprint density at radius 2 is 1.79 bits per heavy atom. The van der Waals surface area contributed by atoms with Crippen LogP contribution in [0.5, 0.6) is 0 Å². The predicted molar refractivity (Wildman–Crippen MR) is 134 cm³/mol. The van der Waals surface area contributed by atoms with Gasteiger partial charge in [0.1, 0.15) is 0 Å². The van der Waals surface area contributed by atoms with E-state index in [4.69, 9.17) is 11.6 Å². The second kappa shape index (κ2) is 10.5. The van der Waals surface area contributed by atoms with Crippen molar-refractivity contribution in [1.82, 2.24) is 20.2 Å².